The van der Waals surface area contributed by atoms with Crippen LogP contribution in [0.4, 0.5) is 5.82 Å². The van der Waals surface area contributed by atoms with Crippen molar-refractivity contribution in [2.24, 2.45) is 11.7 Å². The average Bonchev–Trinajstić information content (AvgIpc) is 2.70. The van der Waals surface area contributed by atoms with Gasteiger partial charge in [0.25, 0.3) is 0 Å². The molecule has 0 radical (unpaired) electrons. The molecule has 6 heteroatoms. The molecular formula is C10H13ClN4O. The molecule has 0 aromatic carbocycles. The van der Waals surface area contributed by atoms with E-state index >= 15 is 0 Å². The molecular weight excluding hydrogens is 228 g/mol. The molecule has 0 saturated carbocycles. The maximum atomic E-state index is 11.1. The number of aryl methyl sites for hydroxylation is 1. The molecule has 2 N–H and O–H groups in total. The first-order valence-corrected chi connectivity index (χ1v) is 5.49. The zero-order valence-electron chi connectivity index (χ0n) is 8.98. The number of primary amides is 1. The van der Waals surface area contributed by atoms with Crippen molar-refractivity contribution in [3.8, 4) is 0 Å². The van der Waals surface area contributed by atoms with Crippen LogP contribution in [0.3, 0.4) is 0 Å². The van der Waals surface area contributed by atoms with Crippen molar-refractivity contribution >= 4 is 23.3 Å². The quantitative estimate of drug-likeness (QED) is 0.775. The van der Waals surface area contributed by atoms with Gasteiger partial charge in [-0.05, 0) is 24.9 Å². The molecule has 0 spiro atoms. The zero-order valence-corrected chi connectivity index (χ0v) is 9.74. The Morgan fingerprint density at radius 1 is 1.69 bits per heavy atom. The lowest BCUT2D eigenvalue weighted by atomic mass is 10.1. The maximum absolute atomic E-state index is 11.1. The van der Waals surface area contributed by atoms with Gasteiger partial charge in [0.05, 0.1) is 5.92 Å². The Morgan fingerprint density at radius 2 is 2.44 bits per heavy atom. The number of carbonyl (C=O) groups excluding carboxylic acids is 1. The van der Waals surface area contributed by atoms with Crippen LogP contribution in [0.2, 0.25) is 5.28 Å². The predicted octanol–water partition coefficient (Wildman–Crippen LogP) is 0.750. The second kappa shape index (κ2) is 4.25. The third kappa shape index (κ3) is 2.09. The number of amides is 1. The number of nitrogens with zero attached hydrogens (tertiary/aromatic N) is 3. The van der Waals surface area contributed by atoms with Gasteiger partial charge in [-0.15, -0.1) is 0 Å². The summed E-state index contributed by atoms with van der Waals surface area (Å²) < 4.78 is 0. The van der Waals surface area contributed by atoms with Gasteiger partial charge < -0.3 is 10.6 Å². The van der Waals surface area contributed by atoms with Crippen molar-refractivity contribution in [1.29, 1.82) is 0 Å². The zero-order chi connectivity index (χ0) is 11.7. The molecule has 16 heavy (non-hydrogen) atoms. The van der Waals surface area contributed by atoms with Gasteiger partial charge in [0.1, 0.15) is 5.82 Å². The van der Waals surface area contributed by atoms with Crippen LogP contribution in [-0.2, 0) is 4.79 Å². The number of anilines is 1. The van der Waals surface area contributed by atoms with E-state index in [1.807, 2.05) is 11.8 Å². The highest BCUT2D eigenvalue weighted by molar-refractivity contribution is 6.28. The highest BCUT2D eigenvalue weighted by Gasteiger charge is 2.28. The first kappa shape index (κ1) is 11.1. The van der Waals surface area contributed by atoms with Gasteiger partial charge >= 0.3 is 0 Å². The first-order valence-electron chi connectivity index (χ1n) is 5.11. The number of halogens is 1. The molecule has 0 aliphatic carbocycles. The number of carbonyl (C=O) groups is 1. The molecule has 1 saturated heterocycles. The minimum atomic E-state index is -0.250. The fourth-order valence-electron chi connectivity index (χ4n) is 1.92. The number of rotatable bonds is 2. The minimum Gasteiger partial charge on any atom is -0.369 e. The van der Waals surface area contributed by atoms with Crippen molar-refractivity contribution in [2.75, 3.05) is 18.0 Å². The Balaban J connectivity index is 2.20. The lowest BCUT2D eigenvalue weighted by molar-refractivity contribution is -0.121. The smallest absolute Gasteiger partial charge is 0.224 e. The minimum absolute atomic E-state index is 0.0897. The van der Waals surface area contributed by atoms with Gasteiger partial charge in [0.2, 0.25) is 11.2 Å². The van der Waals surface area contributed by atoms with Crippen molar-refractivity contribution in [1.82, 2.24) is 9.97 Å². The van der Waals surface area contributed by atoms with Crippen LogP contribution in [0, 0.1) is 12.8 Å². The summed E-state index contributed by atoms with van der Waals surface area (Å²) in [5.74, 6) is 0.456. The van der Waals surface area contributed by atoms with Gasteiger partial charge in [0, 0.05) is 24.8 Å². The largest absolute Gasteiger partial charge is 0.369 e. The summed E-state index contributed by atoms with van der Waals surface area (Å²) in [5.41, 5.74) is 6.23. The maximum Gasteiger partial charge on any atom is 0.224 e. The molecule has 2 heterocycles. The molecule has 1 amide bonds. The Morgan fingerprint density at radius 3 is 3.06 bits per heavy atom. The predicted molar refractivity (Wildman–Crippen MR) is 61.3 cm³/mol. The molecule has 0 bridgehead atoms. The normalized spacial score (nSPS) is 20.1. The van der Waals surface area contributed by atoms with E-state index in [4.69, 9.17) is 17.3 Å². The van der Waals surface area contributed by atoms with E-state index < -0.39 is 0 Å². The molecule has 1 aromatic heterocycles. The lowest BCUT2D eigenvalue weighted by Gasteiger charge is -2.18. The van der Waals surface area contributed by atoms with Crippen LogP contribution >= 0.6 is 11.6 Å². The molecule has 2 rings (SSSR count). The fourth-order valence-corrected chi connectivity index (χ4v) is 2.05. The van der Waals surface area contributed by atoms with E-state index in [1.54, 1.807) is 6.20 Å². The first-order chi connectivity index (χ1) is 7.58. The standard InChI is InChI=1S/C10H13ClN4O/c1-6-4-13-10(11)14-9(6)15-3-2-7(5-15)8(12)16/h4,7H,2-3,5H2,1H3,(H2,12,16). The van der Waals surface area contributed by atoms with E-state index in [-0.39, 0.29) is 17.1 Å². The van der Waals surface area contributed by atoms with Crippen LogP contribution in [0.1, 0.15) is 12.0 Å². The number of nitrogens with two attached hydrogens (primary N) is 1. The topological polar surface area (TPSA) is 72.1 Å². The van der Waals surface area contributed by atoms with Crippen LogP contribution in [0.15, 0.2) is 6.20 Å². The van der Waals surface area contributed by atoms with Gasteiger partial charge in [-0.25, -0.2) is 9.97 Å². The molecule has 86 valence electrons. The molecule has 1 aliphatic rings. The SMILES string of the molecule is Cc1cnc(Cl)nc1N1CCC(C(N)=O)C1. The van der Waals surface area contributed by atoms with E-state index in [2.05, 4.69) is 9.97 Å². The van der Waals surface area contributed by atoms with Crippen molar-refractivity contribution in [3.05, 3.63) is 17.0 Å². The molecule has 1 unspecified atom stereocenters. The van der Waals surface area contributed by atoms with Gasteiger partial charge in [-0.1, -0.05) is 0 Å². The highest BCUT2D eigenvalue weighted by Crippen LogP contribution is 2.25. The second-order valence-corrected chi connectivity index (χ2v) is 4.32. The van der Waals surface area contributed by atoms with Crippen LogP contribution in [0.5, 0.6) is 0 Å². The van der Waals surface area contributed by atoms with E-state index in [9.17, 15) is 4.79 Å². The summed E-state index contributed by atoms with van der Waals surface area (Å²) in [6.07, 6.45) is 2.46. The Kier molecular flexibility index (Phi) is 2.96. The Hall–Kier alpha value is -1.36. The van der Waals surface area contributed by atoms with Crippen LogP contribution in [-0.4, -0.2) is 29.0 Å². The summed E-state index contributed by atoms with van der Waals surface area (Å²) in [4.78, 5) is 21.2. The number of aromatic nitrogens is 2. The molecule has 1 fully saturated rings. The monoisotopic (exact) mass is 240 g/mol. The number of hydrogen-bond donors (Lipinski definition) is 1. The Bertz CT molecular complexity index is 423. The second-order valence-electron chi connectivity index (χ2n) is 3.98. The summed E-state index contributed by atoms with van der Waals surface area (Å²) in [6.45, 7) is 3.31. The average molecular weight is 241 g/mol. The molecule has 1 atom stereocenters. The van der Waals surface area contributed by atoms with Crippen LogP contribution < -0.4 is 10.6 Å². The summed E-state index contributed by atoms with van der Waals surface area (Å²) in [6, 6.07) is 0. The van der Waals surface area contributed by atoms with Crippen molar-refractivity contribution in [2.45, 2.75) is 13.3 Å². The van der Waals surface area contributed by atoms with E-state index in [0.717, 1.165) is 24.3 Å². The van der Waals surface area contributed by atoms with Gasteiger partial charge in [-0.2, -0.15) is 0 Å². The fraction of sp³-hybridized carbons (Fsp3) is 0.500. The highest BCUT2D eigenvalue weighted by atomic mass is 35.5. The lowest BCUT2D eigenvalue weighted by Crippen LogP contribution is -2.28. The number of hydrogen-bond acceptors (Lipinski definition) is 4. The molecule has 5 nitrogen and oxygen atoms in total. The molecule has 1 aliphatic heterocycles. The Labute approximate surface area is 98.6 Å². The summed E-state index contributed by atoms with van der Waals surface area (Å²) in [7, 11) is 0. The summed E-state index contributed by atoms with van der Waals surface area (Å²) >= 11 is 5.75. The third-order valence-corrected chi connectivity index (χ3v) is 2.99. The molecule has 1 aromatic rings. The third-order valence-electron chi connectivity index (χ3n) is 2.81. The van der Waals surface area contributed by atoms with Crippen molar-refractivity contribution in [3.63, 3.8) is 0 Å². The summed E-state index contributed by atoms with van der Waals surface area (Å²) in [5, 5.41) is 0.225. The van der Waals surface area contributed by atoms with Gasteiger partial charge in [-0.3, -0.25) is 4.79 Å². The van der Waals surface area contributed by atoms with Crippen LogP contribution in [0.25, 0.3) is 0 Å². The van der Waals surface area contributed by atoms with Gasteiger partial charge in [0.15, 0.2) is 0 Å². The van der Waals surface area contributed by atoms with E-state index in [0.29, 0.717) is 6.54 Å². The van der Waals surface area contributed by atoms with E-state index in [1.165, 1.54) is 0 Å². The van der Waals surface area contributed by atoms with Crippen molar-refractivity contribution < 1.29 is 4.79 Å².